The minimum atomic E-state index is -0.735. The molecule has 0 fully saturated rings. The Bertz CT molecular complexity index is 1290. The Hall–Kier alpha value is -3.39. The smallest absolute Gasteiger partial charge is 0.323 e. The first-order valence-electron chi connectivity index (χ1n) is 11.0. The SMILES string of the molecule is CC(=O)c1ccc(NC(=O)Nc2ccc3c(c2)CN(C(=O)[C@H](N)Cc2ccc(Cl)cc2Cl)C3)cc1. The van der Waals surface area contributed by atoms with Crippen molar-refractivity contribution in [2.45, 2.75) is 32.5 Å². The maximum atomic E-state index is 13.0. The summed E-state index contributed by atoms with van der Waals surface area (Å²) in [6, 6.07) is 16.2. The third-order valence-electron chi connectivity index (χ3n) is 5.82. The lowest BCUT2D eigenvalue weighted by molar-refractivity contribution is -0.133. The maximum Gasteiger partial charge on any atom is 0.323 e. The summed E-state index contributed by atoms with van der Waals surface area (Å²) in [6.07, 6.45) is 0.308. The summed E-state index contributed by atoms with van der Waals surface area (Å²) in [7, 11) is 0. The molecule has 1 aliphatic heterocycles. The van der Waals surface area contributed by atoms with Crippen molar-refractivity contribution in [3.05, 3.63) is 93.0 Å². The molecule has 0 aliphatic carbocycles. The number of nitrogens with zero attached hydrogens (tertiary/aromatic N) is 1. The number of urea groups is 1. The Morgan fingerprint density at radius 3 is 2.26 bits per heavy atom. The van der Waals surface area contributed by atoms with Gasteiger partial charge in [0.25, 0.3) is 0 Å². The van der Waals surface area contributed by atoms with E-state index >= 15 is 0 Å². The number of carbonyl (C=O) groups is 3. The van der Waals surface area contributed by atoms with Gasteiger partial charge < -0.3 is 21.3 Å². The fourth-order valence-electron chi connectivity index (χ4n) is 3.96. The van der Waals surface area contributed by atoms with Crippen LogP contribution in [0.15, 0.2) is 60.7 Å². The van der Waals surface area contributed by atoms with Crippen LogP contribution in [0.5, 0.6) is 0 Å². The number of nitrogens with two attached hydrogens (primary N) is 1. The van der Waals surface area contributed by atoms with Crippen LogP contribution in [-0.2, 0) is 24.3 Å². The molecule has 35 heavy (non-hydrogen) atoms. The minimum Gasteiger partial charge on any atom is -0.333 e. The van der Waals surface area contributed by atoms with Crippen molar-refractivity contribution in [1.82, 2.24) is 4.90 Å². The largest absolute Gasteiger partial charge is 0.333 e. The van der Waals surface area contributed by atoms with Crippen molar-refractivity contribution < 1.29 is 14.4 Å². The highest BCUT2D eigenvalue weighted by Gasteiger charge is 2.28. The summed E-state index contributed by atoms with van der Waals surface area (Å²) in [5, 5.41) is 6.54. The molecular formula is C26H24Cl2N4O3. The molecule has 3 aromatic carbocycles. The molecule has 3 aromatic rings. The van der Waals surface area contributed by atoms with E-state index < -0.39 is 12.1 Å². The first kappa shape index (κ1) is 24.7. The zero-order chi connectivity index (χ0) is 25.1. The van der Waals surface area contributed by atoms with E-state index in [2.05, 4.69) is 10.6 Å². The number of hydrogen-bond donors (Lipinski definition) is 3. The van der Waals surface area contributed by atoms with Crippen molar-refractivity contribution >= 4 is 52.3 Å². The standard InChI is InChI=1S/C26H24Cl2N4O3/c1-15(33)16-3-7-21(8-4-16)30-26(35)31-22-9-5-18-13-32(14-19(18)10-22)25(34)24(29)11-17-2-6-20(27)12-23(17)28/h2-10,12,24H,11,13-14,29H2,1H3,(H2,30,31,35)/t24-/m1/s1. The minimum absolute atomic E-state index is 0.0404. The van der Waals surface area contributed by atoms with Gasteiger partial charge in [-0.1, -0.05) is 35.3 Å². The van der Waals surface area contributed by atoms with Gasteiger partial charge in [0.05, 0.1) is 6.04 Å². The van der Waals surface area contributed by atoms with E-state index in [0.29, 0.717) is 46.5 Å². The van der Waals surface area contributed by atoms with Crippen LogP contribution < -0.4 is 16.4 Å². The van der Waals surface area contributed by atoms with E-state index in [9.17, 15) is 14.4 Å². The van der Waals surface area contributed by atoms with Gasteiger partial charge >= 0.3 is 6.03 Å². The number of amides is 3. The van der Waals surface area contributed by atoms with Crippen molar-refractivity contribution in [2.24, 2.45) is 5.73 Å². The summed E-state index contributed by atoms with van der Waals surface area (Å²) < 4.78 is 0. The van der Waals surface area contributed by atoms with Crippen LogP contribution in [0.4, 0.5) is 16.2 Å². The lowest BCUT2D eigenvalue weighted by Crippen LogP contribution is -2.42. The highest BCUT2D eigenvalue weighted by Crippen LogP contribution is 2.27. The number of carbonyl (C=O) groups excluding carboxylic acids is 3. The van der Waals surface area contributed by atoms with Crippen molar-refractivity contribution in [2.75, 3.05) is 10.6 Å². The normalized spacial score (nSPS) is 13.2. The number of fused-ring (bicyclic) bond motifs is 1. The first-order valence-corrected chi connectivity index (χ1v) is 11.7. The number of rotatable bonds is 6. The molecule has 1 heterocycles. The molecule has 0 radical (unpaired) electrons. The molecular weight excluding hydrogens is 487 g/mol. The second-order valence-electron chi connectivity index (χ2n) is 8.44. The van der Waals surface area contributed by atoms with E-state index in [1.165, 1.54) is 6.92 Å². The molecule has 7 nitrogen and oxygen atoms in total. The zero-order valence-electron chi connectivity index (χ0n) is 19.0. The van der Waals surface area contributed by atoms with Crippen molar-refractivity contribution in [1.29, 1.82) is 0 Å². The van der Waals surface area contributed by atoms with E-state index in [4.69, 9.17) is 28.9 Å². The van der Waals surface area contributed by atoms with Gasteiger partial charge in [0.1, 0.15) is 0 Å². The lowest BCUT2D eigenvalue weighted by atomic mass is 10.1. The molecule has 0 unspecified atom stereocenters. The molecule has 9 heteroatoms. The first-order chi connectivity index (χ1) is 16.7. The lowest BCUT2D eigenvalue weighted by Gasteiger charge is -2.20. The number of hydrogen-bond acceptors (Lipinski definition) is 4. The number of nitrogens with one attached hydrogen (secondary N) is 2. The molecule has 1 atom stereocenters. The van der Waals surface area contributed by atoms with Crippen LogP contribution in [0.25, 0.3) is 0 Å². The molecule has 0 spiro atoms. The Labute approximate surface area is 213 Å². The summed E-state index contributed by atoms with van der Waals surface area (Å²) in [5.41, 5.74) is 10.7. The Morgan fingerprint density at radius 1 is 0.914 bits per heavy atom. The highest BCUT2D eigenvalue weighted by atomic mass is 35.5. The monoisotopic (exact) mass is 510 g/mol. The molecule has 1 aliphatic rings. The summed E-state index contributed by atoms with van der Waals surface area (Å²) >= 11 is 12.2. The number of benzene rings is 3. The third-order valence-corrected chi connectivity index (χ3v) is 6.41. The van der Waals surface area contributed by atoms with Gasteiger partial charge in [-0.15, -0.1) is 0 Å². The predicted molar refractivity (Wildman–Crippen MR) is 138 cm³/mol. The number of ketones is 1. The third kappa shape index (κ3) is 6.00. The van der Waals surface area contributed by atoms with Gasteiger partial charge in [0.2, 0.25) is 5.91 Å². The van der Waals surface area contributed by atoms with Gasteiger partial charge in [-0.2, -0.15) is 0 Å². The van der Waals surface area contributed by atoms with Crippen molar-refractivity contribution in [3.63, 3.8) is 0 Å². The zero-order valence-corrected chi connectivity index (χ0v) is 20.5. The average molecular weight is 511 g/mol. The van der Waals surface area contributed by atoms with Gasteiger partial charge in [-0.05, 0) is 78.6 Å². The van der Waals surface area contributed by atoms with Crippen LogP contribution in [0, 0.1) is 0 Å². The van der Waals surface area contributed by atoms with Crippen LogP contribution in [0.3, 0.4) is 0 Å². The Balaban J connectivity index is 1.35. The fourth-order valence-corrected chi connectivity index (χ4v) is 4.44. The van der Waals surface area contributed by atoms with E-state index in [-0.39, 0.29) is 11.7 Å². The molecule has 0 bridgehead atoms. The van der Waals surface area contributed by atoms with Crippen LogP contribution in [0.1, 0.15) is 34.0 Å². The van der Waals surface area contributed by atoms with E-state index in [1.807, 2.05) is 12.1 Å². The fraction of sp³-hybridized carbons (Fsp3) is 0.192. The molecule has 0 saturated heterocycles. The van der Waals surface area contributed by atoms with Gasteiger partial charge in [0, 0.05) is 40.1 Å². The highest BCUT2D eigenvalue weighted by molar-refractivity contribution is 6.35. The maximum absolute atomic E-state index is 13.0. The molecule has 0 aromatic heterocycles. The molecule has 180 valence electrons. The molecule has 4 rings (SSSR count). The second-order valence-corrected chi connectivity index (χ2v) is 9.28. The van der Waals surface area contributed by atoms with E-state index in [0.717, 1.165) is 16.7 Å². The summed E-state index contributed by atoms with van der Waals surface area (Å²) in [4.78, 5) is 38.4. The number of Topliss-reactive ketones (excluding diaryl/α,β-unsaturated/α-hetero) is 1. The molecule has 3 amide bonds. The molecule has 4 N–H and O–H groups in total. The Morgan fingerprint density at radius 2 is 1.57 bits per heavy atom. The number of anilines is 2. The molecule has 0 saturated carbocycles. The van der Waals surface area contributed by atoms with Crippen LogP contribution >= 0.6 is 23.2 Å². The predicted octanol–water partition coefficient (Wildman–Crippen LogP) is 5.25. The van der Waals surface area contributed by atoms with E-state index in [1.54, 1.807) is 53.4 Å². The summed E-state index contributed by atoms with van der Waals surface area (Å²) in [5.74, 6) is -0.213. The van der Waals surface area contributed by atoms with Crippen LogP contribution in [0.2, 0.25) is 10.0 Å². The topological polar surface area (TPSA) is 105 Å². The van der Waals surface area contributed by atoms with Gasteiger partial charge in [0.15, 0.2) is 5.78 Å². The Kier molecular flexibility index (Phi) is 7.40. The quantitative estimate of drug-likeness (QED) is 0.393. The average Bonchev–Trinajstić information content (AvgIpc) is 3.24. The van der Waals surface area contributed by atoms with Crippen molar-refractivity contribution in [3.8, 4) is 0 Å². The van der Waals surface area contributed by atoms with Gasteiger partial charge in [-0.3, -0.25) is 9.59 Å². The van der Waals surface area contributed by atoms with Crippen LogP contribution in [-0.4, -0.2) is 28.7 Å². The second kappa shape index (κ2) is 10.5. The number of halogens is 2. The van der Waals surface area contributed by atoms with Gasteiger partial charge in [-0.25, -0.2) is 4.79 Å². The summed E-state index contributed by atoms with van der Waals surface area (Å²) in [6.45, 7) is 2.34.